The second kappa shape index (κ2) is 3.02. The minimum absolute atomic E-state index is 0.244. The highest BCUT2D eigenvalue weighted by molar-refractivity contribution is 5.84. The minimum Gasteiger partial charge on any atom is -0.350 e. The first kappa shape index (κ1) is 10.1. The highest BCUT2D eigenvalue weighted by Gasteiger charge is 2.33. The lowest BCUT2D eigenvalue weighted by Crippen LogP contribution is -2.07. The monoisotopic (exact) mass is 213 g/mol. The third kappa shape index (κ3) is 1.60. The zero-order valence-electron chi connectivity index (χ0n) is 8.39. The molecule has 1 aromatic carbocycles. The molecule has 0 aliphatic carbocycles. The van der Waals surface area contributed by atoms with Gasteiger partial charge in [0.05, 0.1) is 11.1 Å². The molecule has 0 atom stereocenters. The molecule has 80 valence electrons. The summed E-state index contributed by atoms with van der Waals surface area (Å²) in [6, 6.07) is 4.63. The van der Waals surface area contributed by atoms with Gasteiger partial charge in [-0.25, -0.2) is 0 Å². The molecule has 0 radical (unpaired) electrons. The summed E-state index contributed by atoms with van der Waals surface area (Å²) >= 11 is 0. The number of fused-ring (bicyclic) bond motifs is 1. The van der Waals surface area contributed by atoms with E-state index in [1.807, 2.05) is 0 Å². The molecule has 0 spiro atoms. The quantitative estimate of drug-likeness (QED) is 0.631. The molecular weight excluding hydrogens is 203 g/mol. The van der Waals surface area contributed by atoms with Crippen LogP contribution >= 0.6 is 0 Å². The van der Waals surface area contributed by atoms with Crippen LogP contribution < -0.4 is 0 Å². The van der Waals surface area contributed by atoms with E-state index >= 15 is 0 Å². The number of hydrogen-bond acceptors (Lipinski definition) is 0. The Bertz CT molecular complexity index is 508. The highest BCUT2D eigenvalue weighted by atomic mass is 19.4. The van der Waals surface area contributed by atoms with E-state index in [-0.39, 0.29) is 5.52 Å². The van der Waals surface area contributed by atoms with Gasteiger partial charge in [-0.15, -0.1) is 0 Å². The van der Waals surface area contributed by atoms with E-state index in [2.05, 4.69) is 0 Å². The maximum absolute atomic E-state index is 12.7. The van der Waals surface area contributed by atoms with Crippen LogP contribution in [0.1, 0.15) is 11.1 Å². The predicted molar refractivity (Wildman–Crippen MR) is 52.7 cm³/mol. The van der Waals surface area contributed by atoms with E-state index in [4.69, 9.17) is 0 Å². The number of hydrogen-bond donors (Lipinski definition) is 0. The van der Waals surface area contributed by atoms with E-state index in [1.165, 1.54) is 10.6 Å². The SMILES string of the molecule is Cc1cc(C(F)(F)F)c2c(ccn2C)c1. The molecule has 0 amide bonds. The average Bonchev–Trinajstić information content (AvgIpc) is 2.44. The molecule has 0 aliphatic rings. The Kier molecular flexibility index (Phi) is 2.03. The van der Waals surface area contributed by atoms with Crippen LogP contribution in [0.15, 0.2) is 24.4 Å². The third-order valence-electron chi connectivity index (χ3n) is 2.42. The van der Waals surface area contributed by atoms with Gasteiger partial charge in [0.25, 0.3) is 0 Å². The minimum atomic E-state index is -4.30. The van der Waals surface area contributed by atoms with Gasteiger partial charge < -0.3 is 4.57 Å². The second-order valence-corrected chi connectivity index (χ2v) is 3.67. The summed E-state index contributed by atoms with van der Waals surface area (Å²) in [6.45, 7) is 1.67. The molecule has 2 aromatic rings. The van der Waals surface area contributed by atoms with Crippen molar-refractivity contribution in [2.45, 2.75) is 13.1 Å². The van der Waals surface area contributed by atoms with Crippen LogP contribution in [0.25, 0.3) is 10.9 Å². The smallest absolute Gasteiger partial charge is 0.350 e. The largest absolute Gasteiger partial charge is 0.418 e. The highest BCUT2D eigenvalue weighted by Crippen LogP contribution is 2.35. The number of nitrogens with zero attached hydrogens (tertiary/aromatic N) is 1. The van der Waals surface area contributed by atoms with Crippen molar-refractivity contribution in [3.05, 3.63) is 35.5 Å². The number of aromatic nitrogens is 1. The van der Waals surface area contributed by atoms with Gasteiger partial charge in [0.15, 0.2) is 0 Å². The fraction of sp³-hybridized carbons (Fsp3) is 0.273. The Labute approximate surface area is 85.1 Å². The number of halogens is 3. The zero-order valence-corrected chi connectivity index (χ0v) is 8.39. The fourth-order valence-corrected chi connectivity index (χ4v) is 1.81. The van der Waals surface area contributed by atoms with Gasteiger partial charge in [-0.3, -0.25) is 0 Å². The maximum Gasteiger partial charge on any atom is 0.418 e. The number of rotatable bonds is 0. The van der Waals surface area contributed by atoms with Crippen molar-refractivity contribution in [2.75, 3.05) is 0 Å². The Balaban J connectivity index is 2.87. The van der Waals surface area contributed by atoms with Crippen LogP contribution in [0.5, 0.6) is 0 Å². The zero-order chi connectivity index (χ0) is 11.2. The summed E-state index contributed by atoms with van der Waals surface area (Å²) < 4.78 is 39.7. The van der Waals surface area contributed by atoms with Gasteiger partial charge in [-0.1, -0.05) is 0 Å². The lowest BCUT2D eigenvalue weighted by molar-refractivity contribution is -0.136. The number of aryl methyl sites for hydroxylation is 2. The molecule has 0 saturated carbocycles. The van der Waals surface area contributed by atoms with Crippen molar-refractivity contribution in [3.63, 3.8) is 0 Å². The van der Waals surface area contributed by atoms with Crippen LogP contribution in [0.3, 0.4) is 0 Å². The first-order valence-corrected chi connectivity index (χ1v) is 4.52. The summed E-state index contributed by atoms with van der Waals surface area (Å²) in [7, 11) is 1.62. The summed E-state index contributed by atoms with van der Waals surface area (Å²) in [5.74, 6) is 0. The average molecular weight is 213 g/mol. The summed E-state index contributed by atoms with van der Waals surface area (Å²) in [5.41, 5.74) is 0.305. The Morgan fingerprint density at radius 2 is 1.87 bits per heavy atom. The lowest BCUT2D eigenvalue weighted by atomic mass is 10.1. The van der Waals surface area contributed by atoms with Gasteiger partial charge in [-0.2, -0.15) is 13.2 Å². The van der Waals surface area contributed by atoms with Crippen LogP contribution in [0.4, 0.5) is 13.2 Å². The van der Waals surface area contributed by atoms with Crippen LogP contribution in [-0.4, -0.2) is 4.57 Å². The molecule has 2 rings (SSSR count). The normalized spacial score (nSPS) is 12.3. The molecular formula is C11H10F3N. The Morgan fingerprint density at radius 1 is 1.20 bits per heavy atom. The molecule has 1 heterocycles. The molecule has 15 heavy (non-hydrogen) atoms. The molecule has 0 unspecified atom stereocenters. The van der Waals surface area contributed by atoms with E-state index in [0.29, 0.717) is 10.9 Å². The predicted octanol–water partition coefficient (Wildman–Crippen LogP) is 3.51. The van der Waals surface area contributed by atoms with Crippen LogP contribution in [0, 0.1) is 6.92 Å². The van der Waals surface area contributed by atoms with Crippen molar-refractivity contribution in [1.82, 2.24) is 4.57 Å². The molecule has 1 nitrogen and oxygen atoms in total. The van der Waals surface area contributed by atoms with Gasteiger partial charge in [-0.05, 0) is 30.7 Å². The molecule has 0 fully saturated rings. The third-order valence-corrected chi connectivity index (χ3v) is 2.42. The van der Waals surface area contributed by atoms with Gasteiger partial charge >= 0.3 is 6.18 Å². The first-order valence-electron chi connectivity index (χ1n) is 4.52. The van der Waals surface area contributed by atoms with Crippen LogP contribution in [-0.2, 0) is 13.2 Å². The first-order chi connectivity index (χ1) is 6.89. The van der Waals surface area contributed by atoms with Crippen LogP contribution in [0.2, 0.25) is 0 Å². The van der Waals surface area contributed by atoms with Crippen molar-refractivity contribution >= 4 is 10.9 Å². The number of alkyl halides is 3. The molecule has 0 saturated heterocycles. The topological polar surface area (TPSA) is 4.93 Å². The fourth-order valence-electron chi connectivity index (χ4n) is 1.81. The molecule has 1 aromatic heterocycles. The van der Waals surface area contributed by atoms with E-state index in [0.717, 1.165) is 0 Å². The van der Waals surface area contributed by atoms with E-state index in [9.17, 15) is 13.2 Å². The lowest BCUT2D eigenvalue weighted by Gasteiger charge is -2.11. The standard InChI is InChI=1S/C11H10F3N/c1-7-5-8-3-4-15(2)10(8)9(6-7)11(12,13)14/h3-6H,1-2H3. The molecule has 4 heteroatoms. The van der Waals surface area contributed by atoms with Gasteiger partial charge in [0.2, 0.25) is 0 Å². The summed E-state index contributed by atoms with van der Waals surface area (Å²) in [6.07, 6.45) is -2.66. The molecule has 0 aliphatic heterocycles. The number of benzene rings is 1. The van der Waals surface area contributed by atoms with Crippen molar-refractivity contribution in [3.8, 4) is 0 Å². The van der Waals surface area contributed by atoms with E-state index < -0.39 is 11.7 Å². The molecule has 0 bridgehead atoms. The maximum atomic E-state index is 12.7. The summed E-state index contributed by atoms with van der Waals surface area (Å²) in [5, 5.41) is 0.629. The van der Waals surface area contributed by atoms with Crippen molar-refractivity contribution in [2.24, 2.45) is 7.05 Å². The summed E-state index contributed by atoms with van der Waals surface area (Å²) in [4.78, 5) is 0. The van der Waals surface area contributed by atoms with Crippen molar-refractivity contribution in [1.29, 1.82) is 0 Å². The van der Waals surface area contributed by atoms with Crippen molar-refractivity contribution < 1.29 is 13.2 Å². The molecule has 0 N–H and O–H groups in total. The Hall–Kier alpha value is -1.45. The van der Waals surface area contributed by atoms with E-state index in [1.54, 1.807) is 32.3 Å². The van der Waals surface area contributed by atoms with Gasteiger partial charge in [0, 0.05) is 18.6 Å². The Morgan fingerprint density at radius 3 is 2.47 bits per heavy atom. The van der Waals surface area contributed by atoms with Gasteiger partial charge in [0.1, 0.15) is 0 Å². The second-order valence-electron chi connectivity index (χ2n) is 3.67.